The van der Waals surface area contributed by atoms with Crippen molar-refractivity contribution in [2.75, 3.05) is 37.4 Å². The molecule has 0 aliphatic heterocycles. The topological polar surface area (TPSA) is 82.6 Å². The third kappa shape index (κ3) is 4.41. The van der Waals surface area contributed by atoms with Crippen LogP contribution in [0.25, 0.3) is 9.53 Å². The Hall–Kier alpha value is -1.72. The Morgan fingerprint density at radius 2 is 1.86 bits per heavy atom. The van der Waals surface area contributed by atoms with E-state index in [9.17, 15) is 13.2 Å². The normalized spacial score (nSPS) is 11.9. The molecule has 1 amide bonds. The number of nitrogens with zero attached hydrogens (tertiary/aromatic N) is 3. The van der Waals surface area contributed by atoms with Gasteiger partial charge < -0.3 is 10.2 Å². The van der Waals surface area contributed by atoms with E-state index in [4.69, 9.17) is 11.6 Å². The number of aromatic nitrogens is 1. The van der Waals surface area contributed by atoms with E-state index in [0.717, 1.165) is 14.7 Å². The van der Waals surface area contributed by atoms with Gasteiger partial charge in [-0.25, -0.2) is 13.4 Å². The number of anilines is 2. The van der Waals surface area contributed by atoms with Gasteiger partial charge in [-0.3, -0.25) is 4.79 Å². The van der Waals surface area contributed by atoms with E-state index in [0.29, 0.717) is 23.7 Å². The Morgan fingerprint density at radius 1 is 1.17 bits per heavy atom. The summed E-state index contributed by atoms with van der Waals surface area (Å²) in [6, 6.07) is 6.25. The molecule has 2 aromatic heterocycles. The lowest BCUT2D eigenvalue weighted by atomic mass is 10.3. The highest BCUT2D eigenvalue weighted by molar-refractivity contribution is 7.89. The Morgan fingerprint density at radius 3 is 2.45 bits per heavy atom. The minimum atomic E-state index is -3.74. The summed E-state index contributed by atoms with van der Waals surface area (Å²) >= 11 is 8.95. The molecule has 0 saturated heterocycles. The molecule has 3 aromatic rings. The Bertz CT molecular complexity index is 1120. The summed E-state index contributed by atoms with van der Waals surface area (Å²) in [5, 5.41) is 3.75. The molecule has 0 saturated carbocycles. The summed E-state index contributed by atoms with van der Waals surface area (Å²) in [5.74, 6) is -0.319. The van der Waals surface area contributed by atoms with E-state index < -0.39 is 10.0 Å². The third-order valence-electron chi connectivity index (χ3n) is 4.20. The first-order valence-corrected chi connectivity index (χ1v) is 12.3. The van der Waals surface area contributed by atoms with Crippen LogP contribution >= 0.6 is 34.3 Å². The zero-order valence-corrected chi connectivity index (χ0v) is 19.6. The first kappa shape index (κ1) is 22.0. The number of hydrogen-bond donors (Lipinski definition) is 1. The van der Waals surface area contributed by atoms with E-state index in [1.807, 2.05) is 19.0 Å². The summed E-state index contributed by atoms with van der Waals surface area (Å²) in [7, 11) is 0.0945. The molecule has 0 spiro atoms. The smallest absolute Gasteiger partial charge is 0.265 e. The molecule has 1 aromatic carbocycles. The Kier molecular flexibility index (Phi) is 6.49. The Labute approximate surface area is 183 Å². The van der Waals surface area contributed by atoms with Crippen LogP contribution in [0.5, 0.6) is 0 Å². The second kappa shape index (κ2) is 8.57. The number of nitrogens with one attached hydrogen (secondary N) is 1. The number of sulfonamides is 1. The molecule has 0 radical (unpaired) electrons. The largest absolute Gasteiger partial charge is 0.354 e. The summed E-state index contributed by atoms with van der Waals surface area (Å²) in [5.41, 5.74) is 0.365. The first-order chi connectivity index (χ1) is 13.7. The number of halogens is 1. The number of carbonyl (C=O) groups excluding carboxylic acids is 1. The van der Waals surface area contributed by atoms with Crippen LogP contribution in [0.1, 0.15) is 23.5 Å². The van der Waals surface area contributed by atoms with E-state index >= 15 is 0 Å². The maximum absolute atomic E-state index is 12.8. The van der Waals surface area contributed by atoms with Crippen molar-refractivity contribution < 1.29 is 13.2 Å². The van der Waals surface area contributed by atoms with Crippen molar-refractivity contribution >= 4 is 70.6 Å². The van der Waals surface area contributed by atoms with Crippen molar-refractivity contribution in [3.63, 3.8) is 0 Å². The van der Waals surface area contributed by atoms with Gasteiger partial charge in [0.15, 0.2) is 5.13 Å². The third-order valence-corrected chi connectivity index (χ3v) is 9.06. The van der Waals surface area contributed by atoms with E-state index in [-0.39, 0.29) is 15.8 Å². The van der Waals surface area contributed by atoms with Crippen LogP contribution in [-0.4, -0.2) is 50.8 Å². The fourth-order valence-corrected chi connectivity index (χ4v) is 6.69. The lowest BCUT2D eigenvalue weighted by Gasteiger charge is -2.19. The molecule has 7 nitrogen and oxygen atoms in total. The standard InChI is InChI=1S/C18H21ClN4O3S3/c1-5-23(6-2)29(25,26)15-9-11(7-8-12(15)19)20-16(24)13-10-14-17(27-13)21-18(28-14)22(3)4/h7-10H,5-6H2,1-4H3,(H,20,24). The molecule has 0 fully saturated rings. The molecule has 1 N–H and O–H groups in total. The van der Waals surface area contributed by atoms with Crippen molar-refractivity contribution in [2.45, 2.75) is 18.7 Å². The number of thiazole rings is 1. The number of amides is 1. The second-order valence-corrected chi connectivity index (χ2v) is 10.7. The summed E-state index contributed by atoms with van der Waals surface area (Å²) in [6.45, 7) is 4.19. The molecule has 3 rings (SSSR count). The lowest BCUT2D eigenvalue weighted by molar-refractivity contribution is 0.103. The predicted octanol–water partition coefficient (Wildman–Crippen LogP) is 4.36. The minimum Gasteiger partial charge on any atom is -0.354 e. The number of benzene rings is 1. The maximum atomic E-state index is 12.8. The molecule has 0 unspecified atom stereocenters. The van der Waals surface area contributed by atoms with Crippen molar-refractivity contribution in [3.8, 4) is 0 Å². The lowest BCUT2D eigenvalue weighted by Crippen LogP contribution is -2.30. The molecule has 156 valence electrons. The molecule has 0 aliphatic carbocycles. The molecule has 2 heterocycles. The number of carbonyl (C=O) groups is 1. The number of rotatable bonds is 7. The van der Waals surface area contributed by atoms with Crippen LogP contribution in [0.3, 0.4) is 0 Å². The van der Waals surface area contributed by atoms with Crippen LogP contribution in [0.15, 0.2) is 29.2 Å². The fourth-order valence-electron chi connectivity index (χ4n) is 2.70. The zero-order valence-electron chi connectivity index (χ0n) is 16.4. The SMILES string of the molecule is CCN(CC)S(=O)(=O)c1cc(NC(=O)c2cc3sc(N(C)C)nc3s2)ccc1Cl. The van der Waals surface area contributed by atoms with Gasteiger partial charge in [0.05, 0.1) is 14.6 Å². The van der Waals surface area contributed by atoms with Crippen molar-refractivity contribution in [3.05, 3.63) is 34.2 Å². The quantitative estimate of drug-likeness (QED) is 0.552. The van der Waals surface area contributed by atoms with Gasteiger partial charge in [0.25, 0.3) is 5.91 Å². The number of fused-ring (bicyclic) bond motifs is 1. The molecule has 0 aliphatic rings. The van der Waals surface area contributed by atoms with Gasteiger partial charge in [-0.1, -0.05) is 36.8 Å². The van der Waals surface area contributed by atoms with Crippen molar-refractivity contribution in [1.29, 1.82) is 0 Å². The molecule has 11 heteroatoms. The second-order valence-electron chi connectivity index (χ2n) is 6.36. The highest BCUT2D eigenvalue weighted by atomic mass is 35.5. The Balaban J connectivity index is 1.86. The van der Waals surface area contributed by atoms with Gasteiger partial charge in [-0.2, -0.15) is 4.31 Å². The van der Waals surface area contributed by atoms with Crippen LogP contribution < -0.4 is 10.2 Å². The highest BCUT2D eigenvalue weighted by Gasteiger charge is 2.25. The molecule has 29 heavy (non-hydrogen) atoms. The summed E-state index contributed by atoms with van der Waals surface area (Å²) in [4.78, 5) is 20.4. The molecule has 0 atom stereocenters. The number of thiophene rings is 1. The zero-order chi connectivity index (χ0) is 21.3. The van der Waals surface area contributed by atoms with E-state index in [2.05, 4.69) is 10.3 Å². The van der Waals surface area contributed by atoms with Gasteiger partial charge in [0.2, 0.25) is 10.0 Å². The fraction of sp³-hybridized carbons (Fsp3) is 0.333. The van der Waals surface area contributed by atoms with E-state index in [1.165, 1.54) is 39.1 Å². The van der Waals surface area contributed by atoms with Gasteiger partial charge in [0.1, 0.15) is 9.73 Å². The summed E-state index contributed by atoms with van der Waals surface area (Å²) in [6.07, 6.45) is 0. The summed E-state index contributed by atoms with van der Waals surface area (Å²) < 4.78 is 27.9. The van der Waals surface area contributed by atoms with Crippen molar-refractivity contribution in [2.24, 2.45) is 0 Å². The van der Waals surface area contributed by atoms with Crippen LogP contribution in [0, 0.1) is 0 Å². The first-order valence-electron chi connectivity index (χ1n) is 8.86. The van der Waals surface area contributed by atoms with Crippen LogP contribution in [0.2, 0.25) is 5.02 Å². The van der Waals surface area contributed by atoms with Crippen LogP contribution in [0.4, 0.5) is 10.8 Å². The van der Waals surface area contributed by atoms with Gasteiger partial charge in [-0.15, -0.1) is 11.3 Å². The molecule has 0 bridgehead atoms. The predicted molar refractivity (Wildman–Crippen MR) is 121 cm³/mol. The average molecular weight is 473 g/mol. The molecular weight excluding hydrogens is 452 g/mol. The van der Waals surface area contributed by atoms with E-state index in [1.54, 1.807) is 26.0 Å². The monoisotopic (exact) mass is 472 g/mol. The van der Waals surface area contributed by atoms with Gasteiger partial charge >= 0.3 is 0 Å². The molecular formula is C18H21ClN4O3S3. The number of hydrogen-bond acceptors (Lipinski definition) is 7. The van der Waals surface area contributed by atoms with Crippen LogP contribution in [-0.2, 0) is 10.0 Å². The van der Waals surface area contributed by atoms with Crippen molar-refractivity contribution in [1.82, 2.24) is 9.29 Å². The van der Waals surface area contributed by atoms with Gasteiger partial charge in [-0.05, 0) is 24.3 Å². The minimum absolute atomic E-state index is 0.0230. The van der Waals surface area contributed by atoms with Gasteiger partial charge in [0, 0.05) is 32.9 Å². The average Bonchev–Trinajstić information content (AvgIpc) is 3.23. The highest BCUT2D eigenvalue weighted by Crippen LogP contribution is 2.34. The maximum Gasteiger partial charge on any atom is 0.265 e.